The molecule has 0 atom stereocenters. The summed E-state index contributed by atoms with van der Waals surface area (Å²) in [6.07, 6.45) is 0. The van der Waals surface area contributed by atoms with Crippen molar-refractivity contribution in [1.29, 1.82) is 0 Å². The molecule has 0 saturated carbocycles. The summed E-state index contributed by atoms with van der Waals surface area (Å²) in [5, 5.41) is 2.75. The van der Waals surface area contributed by atoms with E-state index < -0.39 is 0 Å². The number of hydrogen-bond donors (Lipinski definition) is 1. The molecule has 4 heteroatoms. The maximum atomic E-state index is 11.4. The molecular weight excluding hydrogens is 178 g/mol. The van der Waals surface area contributed by atoms with Gasteiger partial charge < -0.3 is 5.32 Å². The first-order valence-electron chi connectivity index (χ1n) is 4.67. The number of hydrogen-bond acceptors (Lipinski definition) is 2. The van der Waals surface area contributed by atoms with E-state index >= 15 is 0 Å². The van der Waals surface area contributed by atoms with Crippen LogP contribution in [0.2, 0.25) is 0 Å². The van der Waals surface area contributed by atoms with Crippen LogP contribution in [0.4, 0.5) is 10.6 Å². The van der Waals surface area contributed by atoms with E-state index in [0.29, 0.717) is 13.1 Å². The van der Waals surface area contributed by atoms with E-state index in [1.54, 1.807) is 4.90 Å². The molecule has 0 radical (unpaired) electrons. The first-order valence-corrected chi connectivity index (χ1v) is 4.67. The van der Waals surface area contributed by atoms with Crippen LogP contribution in [-0.2, 0) is 0 Å². The molecule has 1 aromatic rings. The molecule has 2 amide bonds. The Bertz CT molecular complexity index is 355. The molecule has 14 heavy (non-hydrogen) atoms. The predicted octanol–water partition coefficient (Wildman–Crippen LogP) is 1.23. The van der Waals surface area contributed by atoms with Crippen molar-refractivity contribution in [3.05, 3.63) is 23.4 Å². The van der Waals surface area contributed by atoms with Crippen molar-refractivity contribution in [2.75, 3.05) is 18.0 Å². The number of anilines is 1. The number of carbonyl (C=O) groups is 1. The van der Waals surface area contributed by atoms with E-state index in [9.17, 15) is 4.79 Å². The molecule has 1 aliphatic rings. The van der Waals surface area contributed by atoms with E-state index in [1.807, 2.05) is 26.0 Å². The molecule has 0 bridgehead atoms. The van der Waals surface area contributed by atoms with Gasteiger partial charge in [-0.05, 0) is 31.5 Å². The third-order valence-electron chi connectivity index (χ3n) is 2.22. The van der Waals surface area contributed by atoms with Crippen LogP contribution in [0, 0.1) is 13.8 Å². The van der Waals surface area contributed by atoms with Crippen molar-refractivity contribution in [2.24, 2.45) is 0 Å². The zero-order valence-corrected chi connectivity index (χ0v) is 8.37. The Balaban J connectivity index is 2.35. The van der Waals surface area contributed by atoms with E-state index in [-0.39, 0.29) is 6.03 Å². The van der Waals surface area contributed by atoms with Gasteiger partial charge in [0.1, 0.15) is 5.82 Å². The zero-order chi connectivity index (χ0) is 10.1. The standard InChI is InChI=1S/C10H13N3O/c1-7-5-8(2)12-9(6-7)13-4-3-11-10(13)14/h5-6H,3-4H2,1-2H3,(H,11,14). The lowest BCUT2D eigenvalue weighted by atomic mass is 10.2. The SMILES string of the molecule is Cc1cc(C)nc(N2CCNC2=O)c1. The summed E-state index contributed by atoms with van der Waals surface area (Å²) < 4.78 is 0. The van der Waals surface area contributed by atoms with Gasteiger partial charge in [0, 0.05) is 18.8 Å². The van der Waals surface area contributed by atoms with E-state index in [0.717, 1.165) is 17.1 Å². The van der Waals surface area contributed by atoms with Crippen LogP contribution in [0.25, 0.3) is 0 Å². The number of rotatable bonds is 1. The van der Waals surface area contributed by atoms with Crippen LogP contribution in [0.1, 0.15) is 11.3 Å². The number of aromatic nitrogens is 1. The Hall–Kier alpha value is -1.58. The highest BCUT2D eigenvalue weighted by molar-refractivity contribution is 5.93. The summed E-state index contributed by atoms with van der Waals surface area (Å²) in [4.78, 5) is 17.4. The molecule has 1 aromatic heterocycles. The molecule has 0 spiro atoms. The predicted molar refractivity (Wildman–Crippen MR) is 54.5 cm³/mol. The quantitative estimate of drug-likeness (QED) is 0.725. The van der Waals surface area contributed by atoms with Crippen molar-refractivity contribution in [2.45, 2.75) is 13.8 Å². The Labute approximate surface area is 82.9 Å². The lowest BCUT2D eigenvalue weighted by Crippen LogP contribution is -2.28. The Morgan fingerprint density at radius 1 is 1.43 bits per heavy atom. The molecule has 2 heterocycles. The van der Waals surface area contributed by atoms with E-state index in [1.165, 1.54) is 0 Å². The van der Waals surface area contributed by atoms with Crippen LogP contribution in [-0.4, -0.2) is 24.1 Å². The number of nitrogens with one attached hydrogen (secondary N) is 1. The molecule has 0 aromatic carbocycles. The molecule has 1 N–H and O–H groups in total. The van der Waals surface area contributed by atoms with E-state index in [4.69, 9.17) is 0 Å². The first kappa shape index (κ1) is 8.99. The maximum Gasteiger partial charge on any atom is 0.323 e. The van der Waals surface area contributed by atoms with Crippen LogP contribution >= 0.6 is 0 Å². The van der Waals surface area contributed by atoms with Gasteiger partial charge in [-0.15, -0.1) is 0 Å². The minimum atomic E-state index is -0.0532. The number of urea groups is 1. The van der Waals surface area contributed by atoms with Gasteiger partial charge in [-0.1, -0.05) is 0 Å². The number of amides is 2. The molecule has 1 aliphatic heterocycles. The first-order chi connectivity index (χ1) is 6.66. The average Bonchev–Trinajstić information content (AvgIpc) is 2.49. The largest absolute Gasteiger partial charge is 0.336 e. The van der Waals surface area contributed by atoms with Gasteiger partial charge >= 0.3 is 6.03 Å². The van der Waals surface area contributed by atoms with Gasteiger partial charge in [-0.3, -0.25) is 4.90 Å². The fourth-order valence-electron chi connectivity index (χ4n) is 1.65. The zero-order valence-electron chi connectivity index (χ0n) is 8.37. The van der Waals surface area contributed by atoms with Crippen LogP contribution in [0.5, 0.6) is 0 Å². The Morgan fingerprint density at radius 2 is 2.21 bits per heavy atom. The smallest absolute Gasteiger partial charge is 0.323 e. The maximum absolute atomic E-state index is 11.4. The molecule has 74 valence electrons. The molecule has 0 unspecified atom stereocenters. The summed E-state index contributed by atoms with van der Waals surface area (Å²) in [5.41, 5.74) is 2.08. The molecular formula is C10H13N3O. The molecule has 1 fully saturated rings. The monoisotopic (exact) mass is 191 g/mol. The summed E-state index contributed by atoms with van der Waals surface area (Å²) in [6, 6.07) is 3.87. The van der Waals surface area contributed by atoms with Crippen molar-refractivity contribution in [3.8, 4) is 0 Å². The second kappa shape index (κ2) is 3.29. The second-order valence-corrected chi connectivity index (χ2v) is 3.53. The fraction of sp³-hybridized carbons (Fsp3) is 0.400. The van der Waals surface area contributed by atoms with Gasteiger partial charge in [-0.2, -0.15) is 0 Å². The van der Waals surface area contributed by atoms with Crippen LogP contribution < -0.4 is 10.2 Å². The normalized spacial score (nSPS) is 15.9. The molecule has 2 rings (SSSR count). The van der Waals surface area contributed by atoms with Crippen LogP contribution in [0.3, 0.4) is 0 Å². The van der Waals surface area contributed by atoms with Crippen molar-refractivity contribution in [1.82, 2.24) is 10.3 Å². The number of aryl methyl sites for hydroxylation is 2. The highest BCUT2D eigenvalue weighted by Gasteiger charge is 2.22. The van der Waals surface area contributed by atoms with Gasteiger partial charge in [0.15, 0.2) is 0 Å². The Morgan fingerprint density at radius 3 is 2.79 bits per heavy atom. The number of nitrogens with zero attached hydrogens (tertiary/aromatic N) is 2. The number of carbonyl (C=O) groups excluding carboxylic acids is 1. The van der Waals surface area contributed by atoms with Crippen molar-refractivity contribution >= 4 is 11.8 Å². The van der Waals surface area contributed by atoms with Crippen molar-refractivity contribution < 1.29 is 4.79 Å². The lowest BCUT2D eigenvalue weighted by Gasteiger charge is -2.14. The molecule has 4 nitrogen and oxygen atoms in total. The third kappa shape index (κ3) is 1.55. The molecule has 1 saturated heterocycles. The minimum Gasteiger partial charge on any atom is -0.336 e. The second-order valence-electron chi connectivity index (χ2n) is 3.53. The Kier molecular flexibility index (Phi) is 2.11. The van der Waals surface area contributed by atoms with Gasteiger partial charge in [0.2, 0.25) is 0 Å². The topological polar surface area (TPSA) is 45.2 Å². The summed E-state index contributed by atoms with van der Waals surface area (Å²) in [5.74, 6) is 0.748. The number of pyridine rings is 1. The van der Waals surface area contributed by atoms with Crippen LogP contribution in [0.15, 0.2) is 12.1 Å². The van der Waals surface area contributed by atoms with Gasteiger partial charge in [-0.25, -0.2) is 9.78 Å². The summed E-state index contributed by atoms with van der Waals surface area (Å²) in [7, 11) is 0. The summed E-state index contributed by atoms with van der Waals surface area (Å²) >= 11 is 0. The fourth-order valence-corrected chi connectivity index (χ4v) is 1.65. The summed E-state index contributed by atoms with van der Waals surface area (Å²) in [6.45, 7) is 5.35. The van der Waals surface area contributed by atoms with Gasteiger partial charge in [0.05, 0.1) is 0 Å². The lowest BCUT2D eigenvalue weighted by molar-refractivity contribution is 0.252. The van der Waals surface area contributed by atoms with Gasteiger partial charge in [0.25, 0.3) is 0 Å². The minimum absolute atomic E-state index is 0.0532. The highest BCUT2D eigenvalue weighted by atomic mass is 16.2. The highest BCUT2D eigenvalue weighted by Crippen LogP contribution is 2.15. The third-order valence-corrected chi connectivity index (χ3v) is 2.22. The molecule has 0 aliphatic carbocycles. The van der Waals surface area contributed by atoms with E-state index in [2.05, 4.69) is 10.3 Å². The average molecular weight is 191 g/mol. The van der Waals surface area contributed by atoms with Crippen molar-refractivity contribution in [3.63, 3.8) is 0 Å².